The van der Waals surface area contributed by atoms with Crippen molar-refractivity contribution in [1.29, 1.82) is 0 Å². The number of carboxylic acid groups (broad SMARTS) is 1. The molecule has 0 saturated carbocycles. The summed E-state index contributed by atoms with van der Waals surface area (Å²) in [6, 6.07) is -0.894. The molecule has 1 aromatic rings. The van der Waals surface area contributed by atoms with Gasteiger partial charge in [0.15, 0.2) is 10.8 Å². The second-order valence-electron chi connectivity index (χ2n) is 5.74. The van der Waals surface area contributed by atoms with Crippen LogP contribution in [-0.2, 0) is 24.0 Å². The largest absolute Gasteiger partial charge is 0.477 e. The average Bonchev–Trinajstić information content (AvgIpc) is 3.09. The van der Waals surface area contributed by atoms with Gasteiger partial charge in [0.05, 0.1) is 6.61 Å². The molecule has 2 atom stereocenters. The molecule has 0 spiro atoms. The van der Waals surface area contributed by atoms with E-state index in [-0.39, 0.29) is 51.9 Å². The molecular formula is C15H19MgN5O6S2. The monoisotopic (exact) mass is 453 g/mol. The molecule has 2 aliphatic heterocycles. The number of fused-ring (bicyclic) bond motifs is 1. The van der Waals surface area contributed by atoms with Crippen LogP contribution >= 0.6 is 23.1 Å². The summed E-state index contributed by atoms with van der Waals surface area (Å²) in [5, 5.41) is 17.0. The highest BCUT2D eigenvalue weighted by Gasteiger charge is 2.54. The molecule has 3 heterocycles. The number of nitrogens with zero attached hydrogens (tertiary/aromatic N) is 3. The van der Waals surface area contributed by atoms with Crippen LogP contribution in [-0.4, -0.2) is 99.5 Å². The second-order valence-corrected chi connectivity index (χ2v) is 7.74. The van der Waals surface area contributed by atoms with Gasteiger partial charge in [0.25, 0.3) is 11.8 Å². The number of nitrogen functional groups attached to an aromatic ring is 1. The summed E-state index contributed by atoms with van der Waals surface area (Å²) in [7, 11) is 2.73. The molecule has 14 heteroatoms. The summed E-state index contributed by atoms with van der Waals surface area (Å²) in [6.45, 7) is 0.109. The number of carbonyl (C=O) groups is 3. The molecule has 0 aliphatic carbocycles. The van der Waals surface area contributed by atoms with Crippen LogP contribution in [0, 0.1) is 0 Å². The van der Waals surface area contributed by atoms with Crippen molar-refractivity contribution in [3.63, 3.8) is 0 Å². The summed E-state index contributed by atoms with van der Waals surface area (Å²) in [5.74, 6) is -2.03. The second kappa shape index (κ2) is 9.75. The molecule has 4 N–H and O–H groups in total. The van der Waals surface area contributed by atoms with Gasteiger partial charge in [-0.3, -0.25) is 14.5 Å². The van der Waals surface area contributed by atoms with E-state index in [4.69, 9.17) is 15.3 Å². The van der Waals surface area contributed by atoms with E-state index in [1.54, 1.807) is 5.38 Å². The summed E-state index contributed by atoms with van der Waals surface area (Å²) in [5.41, 5.74) is 6.09. The molecule has 1 aromatic heterocycles. The zero-order chi connectivity index (χ0) is 20.4. The van der Waals surface area contributed by atoms with Gasteiger partial charge in [0.2, 0.25) is 0 Å². The van der Waals surface area contributed by atoms with Crippen LogP contribution in [0.2, 0.25) is 0 Å². The molecule has 3 rings (SSSR count). The van der Waals surface area contributed by atoms with Crippen molar-refractivity contribution in [2.45, 2.75) is 11.4 Å². The highest BCUT2D eigenvalue weighted by molar-refractivity contribution is 8.00. The Hall–Kier alpha value is -1.87. The lowest BCUT2D eigenvalue weighted by Crippen LogP contribution is -2.71. The minimum atomic E-state index is -1.21. The number of anilines is 1. The number of hydrogen-bond acceptors (Lipinski definition) is 10. The van der Waals surface area contributed by atoms with Gasteiger partial charge in [-0.15, -0.1) is 23.1 Å². The number of nitrogens with two attached hydrogens (primary N) is 1. The molecule has 29 heavy (non-hydrogen) atoms. The Kier molecular flexibility index (Phi) is 7.87. The standard InChI is InChI=1S/C15H17N5O6S2.Mg.2H/c1-25-3-6-4-27-13-9(12(22)20(13)10(6)14(23)24)18-11(21)8(19-26-2)7-5-28-15(16)17-7;;;/h5,9,13H,3-4H2,1-2H3,(H2,16,17)(H,18,21)(H,23,24);;;/t9-,13-;;;/m1.../s1. The van der Waals surface area contributed by atoms with Gasteiger partial charge in [0.1, 0.15) is 29.9 Å². The molecular weight excluding hydrogens is 435 g/mol. The molecule has 0 radical (unpaired) electrons. The van der Waals surface area contributed by atoms with Crippen LogP contribution < -0.4 is 11.1 Å². The Morgan fingerprint density at radius 2 is 2.21 bits per heavy atom. The van der Waals surface area contributed by atoms with E-state index in [1.807, 2.05) is 0 Å². The van der Waals surface area contributed by atoms with E-state index < -0.39 is 29.2 Å². The number of methoxy groups -OCH3 is 1. The number of oxime groups is 1. The lowest BCUT2D eigenvalue weighted by Gasteiger charge is -2.49. The first-order valence-corrected chi connectivity index (χ1v) is 9.84. The van der Waals surface area contributed by atoms with Gasteiger partial charge in [-0.1, -0.05) is 5.16 Å². The van der Waals surface area contributed by atoms with Gasteiger partial charge in [-0.05, 0) is 5.57 Å². The number of amides is 2. The van der Waals surface area contributed by atoms with Crippen molar-refractivity contribution in [3.05, 3.63) is 22.3 Å². The minimum Gasteiger partial charge on any atom is -0.477 e. The van der Waals surface area contributed by atoms with Gasteiger partial charge < -0.3 is 25.7 Å². The first-order valence-electron chi connectivity index (χ1n) is 7.91. The van der Waals surface area contributed by atoms with Gasteiger partial charge in [0, 0.05) is 18.2 Å². The maximum absolute atomic E-state index is 12.6. The quantitative estimate of drug-likeness (QED) is 0.194. The topological polar surface area (TPSA) is 156 Å². The normalized spacial score (nSPS) is 21.1. The van der Waals surface area contributed by atoms with Gasteiger partial charge in [-0.2, -0.15) is 0 Å². The number of nitrogens with one attached hydrogen (secondary N) is 1. The number of rotatable bonds is 7. The fourth-order valence-electron chi connectivity index (χ4n) is 2.87. The highest BCUT2D eigenvalue weighted by Crippen LogP contribution is 2.40. The number of β-lactam (4-membered cyclic amide) rings is 1. The maximum Gasteiger partial charge on any atom is 0.352 e. The summed E-state index contributed by atoms with van der Waals surface area (Å²) in [6.07, 6.45) is 0. The smallest absolute Gasteiger partial charge is 0.352 e. The third-order valence-corrected chi connectivity index (χ3v) is 6.03. The molecule has 1 fully saturated rings. The van der Waals surface area contributed by atoms with Crippen molar-refractivity contribution < 1.29 is 29.1 Å². The predicted octanol–water partition coefficient (Wildman–Crippen LogP) is -1.46. The van der Waals surface area contributed by atoms with Crippen molar-refractivity contribution in [2.75, 3.05) is 32.3 Å². The lowest BCUT2D eigenvalue weighted by atomic mass is 10.0. The molecule has 2 amide bonds. The van der Waals surface area contributed by atoms with Crippen molar-refractivity contribution in [2.24, 2.45) is 5.16 Å². The summed E-state index contributed by atoms with van der Waals surface area (Å²) < 4.78 is 5.02. The van der Waals surface area contributed by atoms with Gasteiger partial charge >= 0.3 is 29.0 Å². The molecule has 0 aromatic carbocycles. The number of carbonyl (C=O) groups excluding carboxylic acids is 2. The number of carboxylic acids is 1. The van der Waals surface area contributed by atoms with Gasteiger partial charge in [-0.25, -0.2) is 9.78 Å². The number of aromatic nitrogens is 1. The third-order valence-electron chi connectivity index (χ3n) is 4.02. The SMILES string of the molecule is COCC1=C(C(=O)O)N2C(=O)[C@@H](NC(=O)C(=NOC)c3csc(N)n3)[C@H]2SC1.[MgH2]. The first kappa shape index (κ1) is 23.4. The number of hydrogen-bond donors (Lipinski definition) is 3. The van der Waals surface area contributed by atoms with Crippen LogP contribution in [0.5, 0.6) is 0 Å². The van der Waals surface area contributed by atoms with E-state index >= 15 is 0 Å². The van der Waals surface area contributed by atoms with E-state index in [0.29, 0.717) is 11.3 Å². The lowest BCUT2D eigenvalue weighted by molar-refractivity contribution is -0.150. The molecule has 0 bridgehead atoms. The summed E-state index contributed by atoms with van der Waals surface area (Å²) in [4.78, 5) is 46.7. The van der Waals surface area contributed by atoms with E-state index in [1.165, 1.54) is 30.9 Å². The van der Waals surface area contributed by atoms with Crippen molar-refractivity contribution in [1.82, 2.24) is 15.2 Å². The molecule has 1 saturated heterocycles. The average molecular weight is 454 g/mol. The van der Waals surface area contributed by atoms with Crippen LogP contribution in [0.25, 0.3) is 0 Å². The maximum atomic E-state index is 12.6. The van der Waals surface area contributed by atoms with Crippen molar-refractivity contribution >= 4 is 74.8 Å². The molecule has 154 valence electrons. The Bertz CT molecular complexity index is 888. The van der Waals surface area contributed by atoms with Crippen LogP contribution in [0.15, 0.2) is 21.8 Å². The Morgan fingerprint density at radius 1 is 1.48 bits per heavy atom. The fraction of sp³-hybridized carbons (Fsp3) is 0.400. The van der Waals surface area contributed by atoms with Crippen LogP contribution in [0.3, 0.4) is 0 Å². The Balaban J connectivity index is 0.00000300. The van der Waals surface area contributed by atoms with Crippen molar-refractivity contribution in [3.8, 4) is 0 Å². The summed E-state index contributed by atoms with van der Waals surface area (Å²) >= 11 is 2.47. The number of aliphatic carboxylic acids is 1. The van der Waals surface area contributed by atoms with E-state index in [2.05, 4.69) is 15.5 Å². The minimum absolute atomic E-state index is 0. The van der Waals surface area contributed by atoms with Crippen LogP contribution in [0.4, 0.5) is 5.13 Å². The zero-order valence-electron chi connectivity index (χ0n) is 14.9. The number of thiazole rings is 1. The molecule has 11 nitrogen and oxygen atoms in total. The molecule has 2 aliphatic rings. The number of ether oxygens (including phenoxy) is 1. The fourth-order valence-corrected chi connectivity index (χ4v) is 4.75. The van der Waals surface area contributed by atoms with E-state index in [0.717, 1.165) is 11.3 Å². The number of thioether (sulfide) groups is 1. The predicted molar refractivity (Wildman–Crippen MR) is 110 cm³/mol. The highest BCUT2D eigenvalue weighted by atomic mass is 32.2. The zero-order valence-corrected chi connectivity index (χ0v) is 16.5. The van der Waals surface area contributed by atoms with E-state index in [9.17, 15) is 19.5 Å². The Morgan fingerprint density at radius 3 is 2.76 bits per heavy atom. The first-order chi connectivity index (χ1) is 13.4. The van der Waals surface area contributed by atoms with Crippen LogP contribution in [0.1, 0.15) is 5.69 Å². The Labute approximate surface area is 189 Å². The molecule has 0 unspecified atom stereocenters. The third kappa shape index (κ3) is 4.50.